The van der Waals surface area contributed by atoms with Gasteiger partial charge in [0, 0.05) is 16.4 Å². The van der Waals surface area contributed by atoms with Crippen LogP contribution in [0.4, 0.5) is 0 Å². The van der Waals surface area contributed by atoms with E-state index in [1.54, 1.807) is 6.07 Å². The fourth-order valence-corrected chi connectivity index (χ4v) is 1.99. The van der Waals surface area contributed by atoms with E-state index in [0.717, 1.165) is 34.0 Å². The molecule has 2 rings (SSSR count). The number of alkyl halides is 1. The molecule has 0 bridgehead atoms. The van der Waals surface area contributed by atoms with Crippen molar-refractivity contribution < 1.29 is 9.53 Å². The molecule has 1 aromatic rings. The zero-order valence-electron chi connectivity index (χ0n) is 7.00. The average molecular weight is 288 g/mol. The molecular weight excluding hydrogens is 279 g/mol. The van der Waals surface area contributed by atoms with Gasteiger partial charge in [-0.05, 0) is 23.8 Å². The first-order valence-corrected chi connectivity index (χ1v) is 5.67. The van der Waals surface area contributed by atoms with Crippen LogP contribution < -0.4 is 4.74 Å². The molecule has 1 aliphatic rings. The molecule has 68 valence electrons. The SMILES string of the molecule is O=Cc1ccc2c(c1)C[C@@H](CI)O2. The Morgan fingerprint density at radius 3 is 3.15 bits per heavy atom. The maximum atomic E-state index is 10.5. The van der Waals surface area contributed by atoms with Crippen LogP contribution in [0.15, 0.2) is 18.2 Å². The molecule has 3 heteroatoms. The molecule has 2 nitrogen and oxygen atoms in total. The summed E-state index contributed by atoms with van der Waals surface area (Å²) in [5.41, 5.74) is 1.89. The van der Waals surface area contributed by atoms with Gasteiger partial charge in [0.1, 0.15) is 18.1 Å². The van der Waals surface area contributed by atoms with Crippen LogP contribution in [0.25, 0.3) is 0 Å². The third kappa shape index (κ3) is 1.70. The van der Waals surface area contributed by atoms with Crippen LogP contribution in [0.1, 0.15) is 15.9 Å². The minimum absolute atomic E-state index is 0.289. The second-order valence-corrected chi connectivity index (χ2v) is 3.96. The highest BCUT2D eigenvalue weighted by molar-refractivity contribution is 14.1. The highest BCUT2D eigenvalue weighted by atomic mass is 127. The van der Waals surface area contributed by atoms with E-state index in [9.17, 15) is 4.79 Å². The van der Waals surface area contributed by atoms with Gasteiger partial charge < -0.3 is 4.74 Å². The smallest absolute Gasteiger partial charge is 0.150 e. The van der Waals surface area contributed by atoms with Crippen LogP contribution in [0.2, 0.25) is 0 Å². The number of hydrogen-bond acceptors (Lipinski definition) is 2. The van der Waals surface area contributed by atoms with Crippen molar-refractivity contribution in [2.75, 3.05) is 4.43 Å². The molecule has 0 amide bonds. The first-order valence-electron chi connectivity index (χ1n) is 4.14. The van der Waals surface area contributed by atoms with Crippen LogP contribution in [0.3, 0.4) is 0 Å². The van der Waals surface area contributed by atoms with Gasteiger partial charge in [-0.25, -0.2) is 0 Å². The van der Waals surface area contributed by atoms with Crippen molar-refractivity contribution in [2.24, 2.45) is 0 Å². The highest BCUT2D eigenvalue weighted by Gasteiger charge is 2.21. The van der Waals surface area contributed by atoms with Crippen molar-refractivity contribution in [3.05, 3.63) is 29.3 Å². The summed E-state index contributed by atoms with van der Waals surface area (Å²) in [7, 11) is 0. The van der Waals surface area contributed by atoms with Crippen molar-refractivity contribution in [3.63, 3.8) is 0 Å². The monoisotopic (exact) mass is 288 g/mol. The Labute approximate surface area is 90.4 Å². The number of benzene rings is 1. The molecule has 0 spiro atoms. The molecule has 0 aliphatic carbocycles. The number of aldehydes is 1. The lowest BCUT2D eigenvalue weighted by Gasteiger charge is -2.04. The van der Waals surface area contributed by atoms with Crippen molar-refractivity contribution in [1.29, 1.82) is 0 Å². The number of fused-ring (bicyclic) bond motifs is 1. The molecule has 0 saturated carbocycles. The molecule has 1 atom stereocenters. The van der Waals surface area contributed by atoms with Crippen LogP contribution in [-0.4, -0.2) is 16.8 Å². The Morgan fingerprint density at radius 1 is 1.62 bits per heavy atom. The third-order valence-corrected chi connectivity index (χ3v) is 3.12. The first kappa shape index (κ1) is 8.99. The fourth-order valence-electron chi connectivity index (χ4n) is 1.50. The van der Waals surface area contributed by atoms with Crippen molar-refractivity contribution in [3.8, 4) is 5.75 Å². The number of carbonyl (C=O) groups excluding carboxylic acids is 1. The zero-order chi connectivity index (χ0) is 9.26. The summed E-state index contributed by atoms with van der Waals surface area (Å²) < 4.78 is 6.62. The van der Waals surface area contributed by atoms with Crippen molar-refractivity contribution >= 4 is 28.9 Å². The lowest BCUT2D eigenvalue weighted by Crippen LogP contribution is -2.13. The maximum absolute atomic E-state index is 10.5. The average Bonchev–Trinajstić information content (AvgIpc) is 2.58. The lowest BCUT2D eigenvalue weighted by molar-refractivity contribution is 0.112. The van der Waals surface area contributed by atoms with E-state index >= 15 is 0 Å². The predicted octanol–water partition coefficient (Wildman–Crippen LogP) is 2.24. The van der Waals surface area contributed by atoms with Gasteiger partial charge in [0.15, 0.2) is 0 Å². The van der Waals surface area contributed by atoms with Crippen LogP contribution in [0, 0.1) is 0 Å². The Kier molecular flexibility index (Phi) is 2.53. The normalized spacial score (nSPS) is 19.3. The molecule has 0 aromatic heterocycles. The molecule has 0 N–H and O–H groups in total. The number of halogens is 1. The number of hydrogen-bond donors (Lipinski definition) is 0. The van der Waals surface area contributed by atoms with E-state index in [1.807, 2.05) is 12.1 Å². The Bertz CT molecular complexity index is 336. The quantitative estimate of drug-likeness (QED) is 0.474. The first-order chi connectivity index (χ1) is 6.33. The molecule has 1 aliphatic heterocycles. The largest absolute Gasteiger partial charge is 0.489 e. The summed E-state index contributed by atoms with van der Waals surface area (Å²) >= 11 is 2.31. The second-order valence-electron chi connectivity index (χ2n) is 3.08. The zero-order valence-corrected chi connectivity index (χ0v) is 9.15. The standard InChI is InChI=1S/C10H9IO2/c11-5-9-4-8-3-7(6-12)1-2-10(8)13-9/h1-3,6,9H,4-5H2/t9-/m0/s1. The van der Waals surface area contributed by atoms with E-state index in [-0.39, 0.29) is 6.10 Å². The summed E-state index contributed by atoms with van der Waals surface area (Å²) in [4.78, 5) is 10.5. The van der Waals surface area contributed by atoms with E-state index in [1.165, 1.54) is 0 Å². The molecule has 0 saturated heterocycles. The van der Waals surface area contributed by atoms with Crippen molar-refractivity contribution in [2.45, 2.75) is 12.5 Å². The van der Waals surface area contributed by atoms with Gasteiger partial charge in [-0.3, -0.25) is 4.79 Å². The molecule has 13 heavy (non-hydrogen) atoms. The number of carbonyl (C=O) groups is 1. The minimum atomic E-state index is 0.289. The van der Waals surface area contributed by atoms with Gasteiger partial charge in [-0.15, -0.1) is 0 Å². The van der Waals surface area contributed by atoms with E-state index < -0.39 is 0 Å². The summed E-state index contributed by atoms with van der Waals surface area (Å²) in [5.74, 6) is 0.937. The second kappa shape index (κ2) is 3.65. The van der Waals surface area contributed by atoms with Gasteiger partial charge in [-0.2, -0.15) is 0 Å². The van der Waals surface area contributed by atoms with E-state index in [4.69, 9.17) is 4.74 Å². The predicted molar refractivity (Wildman–Crippen MR) is 58.8 cm³/mol. The summed E-state index contributed by atoms with van der Waals surface area (Å²) in [6, 6.07) is 5.58. The maximum Gasteiger partial charge on any atom is 0.150 e. The number of ether oxygens (including phenoxy) is 1. The van der Waals surface area contributed by atoms with Crippen LogP contribution >= 0.6 is 22.6 Å². The number of rotatable bonds is 2. The topological polar surface area (TPSA) is 26.3 Å². The highest BCUT2D eigenvalue weighted by Crippen LogP contribution is 2.29. The summed E-state index contributed by atoms with van der Waals surface area (Å²) in [5, 5.41) is 0. The van der Waals surface area contributed by atoms with E-state index in [2.05, 4.69) is 22.6 Å². The minimum Gasteiger partial charge on any atom is -0.489 e. The molecule has 1 aromatic carbocycles. The van der Waals surface area contributed by atoms with Gasteiger partial charge in [0.2, 0.25) is 0 Å². The molecule has 0 unspecified atom stereocenters. The Hall–Kier alpha value is -0.580. The summed E-state index contributed by atoms with van der Waals surface area (Å²) in [6.45, 7) is 0. The molecular formula is C10H9IO2. The van der Waals surface area contributed by atoms with Crippen molar-refractivity contribution in [1.82, 2.24) is 0 Å². The third-order valence-electron chi connectivity index (χ3n) is 2.13. The Balaban J connectivity index is 2.30. The molecule has 1 heterocycles. The van der Waals surface area contributed by atoms with Gasteiger partial charge >= 0.3 is 0 Å². The van der Waals surface area contributed by atoms with Gasteiger partial charge in [-0.1, -0.05) is 22.6 Å². The Morgan fingerprint density at radius 2 is 2.46 bits per heavy atom. The molecule has 0 radical (unpaired) electrons. The van der Waals surface area contributed by atoms with Crippen LogP contribution in [0.5, 0.6) is 5.75 Å². The molecule has 0 fully saturated rings. The van der Waals surface area contributed by atoms with E-state index in [0.29, 0.717) is 0 Å². The van der Waals surface area contributed by atoms with Gasteiger partial charge in [0.25, 0.3) is 0 Å². The lowest BCUT2D eigenvalue weighted by atomic mass is 10.1. The van der Waals surface area contributed by atoms with Gasteiger partial charge in [0.05, 0.1) is 0 Å². The fraction of sp³-hybridized carbons (Fsp3) is 0.300. The summed E-state index contributed by atoms with van der Waals surface area (Å²) in [6.07, 6.45) is 2.09. The van der Waals surface area contributed by atoms with Crippen LogP contribution in [-0.2, 0) is 6.42 Å².